The van der Waals surface area contributed by atoms with E-state index >= 15 is 0 Å². The van der Waals surface area contributed by atoms with Crippen molar-refractivity contribution < 1.29 is 23.1 Å². The minimum Gasteiger partial charge on any atom is -0.435 e. The summed E-state index contributed by atoms with van der Waals surface area (Å²) >= 11 is 0. The van der Waals surface area contributed by atoms with Gasteiger partial charge in [0.25, 0.3) is 0 Å². The number of amides is 2. The summed E-state index contributed by atoms with van der Waals surface area (Å²) in [5, 5.41) is 2.78. The van der Waals surface area contributed by atoms with E-state index in [1.165, 1.54) is 12.1 Å². The second kappa shape index (κ2) is 8.57. The molecule has 2 aromatic rings. The number of nitrogens with zero attached hydrogens (tertiary/aromatic N) is 2. The number of ether oxygens (including phenoxy) is 1. The van der Waals surface area contributed by atoms with Crippen LogP contribution in [-0.2, 0) is 22.7 Å². The molecule has 8 heteroatoms. The van der Waals surface area contributed by atoms with Crippen LogP contribution < -0.4 is 10.1 Å². The van der Waals surface area contributed by atoms with Crippen molar-refractivity contribution in [3.05, 3.63) is 59.9 Å². The van der Waals surface area contributed by atoms with E-state index in [0.29, 0.717) is 13.1 Å². The Morgan fingerprint density at radius 1 is 1.26 bits per heavy atom. The van der Waals surface area contributed by atoms with Crippen LogP contribution in [0, 0.1) is 5.92 Å². The standard InChI is InChI=1S/C19H19F2N3O3/c20-19(21)27-16-6-4-13(5-7-16)10-23-18(26)14-9-17(25)24(11-14)12-15-3-1-2-8-22-15/h1-8,14,19H,9-12H2,(H,23,26). The molecule has 1 atom stereocenters. The highest BCUT2D eigenvalue weighted by Crippen LogP contribution is 2.20. The topological polar surface area (TPSA) is 71.5 Å². The van der Waals surface area contributed by atoms with E-state index in [0.717, 1.165) is 11.3 Å². The number of hydrogen-bond donors (Lipinski definition) is 1. The minimum atomic E-state index is -2.87. The van der Waals surface area contributed by atoms with E-state index in [1.807, 2.05) is 12.1 Å². The molecule has 0 bridgehead atoms. The summed E-state index contributed by atoms with van der Waals surface area (Å²) in [6.07, 6.45) is 1.83. The zero-order chi connectivity index (χ0) is 19.2. The molecule has 0 radical (unpaired) electrons. The molecule has 1 aliphatic heterocycles. The lowest BCUT2D eigenvalue weighted by Gasteiger charge is -2.16. The van der Waals surface area contributed by atoms with Crippen molar-refractivity contribution in [2.24, 2.45) is 5.92 Å². The van der Waals surface area contributed by atoms with Gasteiger partial charge in [-0.1, -0.05) is 18.2 Å². The smallest absolute Gasteiger partial charge is 0.387 e. The van der Waals surface area contributed by atoms with Crippen LogP contribution in [0.3, 0.4) is 0 Å². The van der Waals surface area contributed by atoms with Crippen LogP contribution in [0.25, 0.3) is 0 Å². The maximum absolute atomic E-state index is 12.3. The Hall–Kier alpha value is -3.03. The molecule has 6 nitrogen and oxygen atoms in total. The van der Waals surface area contributed by atoms with E-state index in [4.69, 9.17) is 0 Å². The largest absolute Gasteiger partial charge is 0.435 e. The summed E-state index contributed by atoms with van der Waals surface area (Å²) in [5.41, 5.74) is 1.53. The Bertz CT molecular complexity index is 785. The number of likely N-dealkylation sites (tertiary alicyclic amines) is 1. The Morgan fingerprint density at radius 3 is 2.70 bits per heavy atom. The first-order chi connectivity index (χ1) is 13.0. The van der Waals surface area contributed by atoms with Gasteiger partial charge in [-0.25, -0.2) is 0 Å². The maximum Gasteiger partial charge on any atom is 0.387 e. The molecular weight excluding hydrogens is 356 g/mol. The van der Waals surface area contributed by atoms with Gasteiger partial charge in [-0.2, -0.15) is 8.78 Å². The summed E-state index contributed by atoms with van der Waals surface area (Å²) < 4.78 is 28.5. The number of pyridine rings is 1. The average molecular weight is 375 g/mol. The minimum absolute atomic E-state index is 0.0617. The molecular formula is C19H19F2N3O3. The molecule has 1 aromatic heterocycles. The molecule has 0 aliphatic carbocycles. The normalized spacial score (nSPS) is 16.6. The number of rotatable bonds is 7. The van der Waals surface area contributed by atoms with Gasteiger partial charge in [-0.15, -0.1) is 0 Å². The predicted molar refractivity (Wildman–Crippen MR) is 92.7 cm³/mol. The number of carbonyl (C=O) groups excluding carboxylic acids is 2. The number of nitrogens with one attached hydrogen (secondary N) is 1. The fraction of sp³-hybridized carbons (Fsp3) is 0.316. The van der Waals surface area contributed by atoms with Crippen LogP contribution in [0.15, 0.2) is 48.7 Å². The monoisotopic (exact) mass is 375 g/mol. The molecule has 2 amide bonds. The summed E-state index contributed by atoms with van der Waals surface area (Å²) in [4.78, 5) is 30.3. The molecule has 0 saturated carbocycles. The van der Waals surface area contributed by atoms with Gasteiger partial charge in [0.15, 0.2) is 0 Å². The second-order valence-corrected chi connectivity index (χ2v) is 6.24. The first-order valence-electron chi connectivity index (χ1n) is 8.50. The van der Waals surface area contributed by atoms with E-state index < -0.39 is 12.5 Å². The lowest BCUT2D eigenvalue weighted by Crippen LogP contribution is -2.32. The van der Waals surface area contributed by atoms with E-state index in [-0.39, 0.29) is 30.5 Å². The third-order valence-corrected chi connectivity index (χ3v) is 4.28. The van der Waals surface area contributed by atoms with Gasteiger partial charge in [-0.05, 0) is 29.8 Å². The van der Waals surface area contributed by atoms with Gasteiger partial charge in [0, 0.05) is 25.7 Å². The van der Waals surface area contributed by atoms with Crippen molar-refractivity contribution in [3.63, 3.8) is 0 Å². The zero-order valence-corrected chi connectivity index (χ0v) is 14.5. The quantitative estimate of drug-likeness (QED) is 0.806. The molecule has 3 rings (SSSR count). The van der Waals surface area contributed by atoms with Gasteiger partial charge >= 0.3 is 6.61 Å². The van der Waals surface area contributed by atoms with Crippen LogP contribution in [0.1, 0.15) is 17.7 Å². The molecule has 1 saturated heterocycles. The number of benzene rings is 1. The Kier molecular flexibility index (Phi) is 5.95. The molecule has 27 heavy (non-hydrogen) atoms. The predicted octanol–water partition coefficient (Wildman–Crippen LogP) is 2.35. The summed E-state index contributed by atoms with van der Waals surface area (Å²) in [5.74, 6) is -0.636. The second-order valence-electron chi connectivity index (χ2n) is 6.24. The SMILES string of the molecule is O=C(NCc1ccc(OC(F)F)cc1)C1CC(=O)N(Cc2ccccn2)C1. The van der Waals surface area contributed by atoms with Crippen molar-refractivity contribution in [1.82, 2.24) is 15.2 Å². The summed E-state index contributed by atoms with van der Waals surface area (Å²) in [6, 6.07) is 11.5. The van der Waals surface area contributed by atoms with E-state index in [2.05, 4.69) is 15.0 Å². The van der Waals surface area contributed by atoms with Crippen molar-refractivity contribution in [1.29, 1.82) is 0 Å². The van der Waals surface area contributed by atoms with Crippen LogP contribution in [0.5, 0.6) is 5.75 Å². The number of carbonyl (C=O) groups is 2. The first kappa shape index (κ1) is 18.8. The third-order valence-electron chi connectivity index (χ3n) is 4.28. The molecule has 1 N–H and O–H groups in total. The fourth-order valence-corrected chi connectivity index (χ4v) is 2.91. The van der Waals surface area contributed by atoms with Crippen molar-refractivity contribution in [2.75, 3.05) is 6.54 Å². The molecule has 1 aliphatic rings. The Morgan fingerprint density at radius 2 is 2.04 bits per heavy atom. The van der Waals surface area contributed by atoms with Crippen molar-refractivity contribution in [3.8, 4) is 5.75 Å². The van der Waals surface area contributed by atoms with Gasteiger partial charge in [0.05, 0.1) is 18.2 Å². The number of halogens is 2. The van der Waals surface area contributed by atoms with Crippen LogP contribution in [-0.4, -0.2) is 34.9 Å². The molecule has 2 heterocycles. The fourth-order valence-electron chi connectivity index (χ4n) is 2.91. The van der Waals surface area contributed by atoms with Crippen molar-refractivity contribution in [2.45, 2.75) is 26.1 Å². The van der Waals surface area contributed by atoms with Crippen LogP contribution in [0.4, 0.5) is 8.78 Å². The van der Waals surface area contributed by atoms with Crippen molar-refractivity contribution >= 4 is 11.8 Å². The Labute approximate surface area is 155 Å². The highest BCUT2D eigenvalue weighted by molar-refractivity contribution is 5.89. The number of aromatic nitrogens is 1. The molecule has 142 valence electrons. The highest BCUT2D eigenvalue weighted by atomic mass is 19.3. The van der Waals surface area contributed by atoms with Gasteiger partial charge in [0.2, 0.25) is 11.8 Å². The van der Waals surface area contributed by atoms with Gasteiger partial charge < -0.3 is 15.0 Å². The number of alkyl halides is 2. The lowest BCUT2D eigenvalue weighted by molar-refractivity contribution is -0.129. The first-order valence-corrected chi connectivity index (χ1v) is 8.50. The summed E-state index contributed by atoms with van der Waals surface area (Å²) in [6.45, 7) is -1.89. The highest BCUT2D eigenvalue weighted by Gasteiger charge is 2.34. The zero-order valence-electron chi connectivity index (χ0n) is 14.5. The summed E-state index contributed by atoms with van der Waals surface area (Å²) in [7, 11) is 0. The maximum atomic E-state index is 12.3. The molecule has 1 aromatic carbocycles. The average Bonchev–Trinajstić information content (AvgIpc) is 3.02. The molecule has 1 unspecified atom stereocenters. The third kappa shape index (κ3) is 5.22. The number of hydrogen-bond acceptors (Lipinski definition) is 4. The van der Waals surface area contributed by atoms with Crippen LogP contribution >= 0.6 is 0 Å². The molecule has 0 spiro atoms. The van der Waals surface area contributed by atoms with Gasteiger partial charge in [-0.3, -0.25) is 14.6 Å². The Balaban J connectivity index is 1.49. The van der Waals surface area contributed by atoms with Gasteiger partial charge in [0.1, 0.15) is 5.75 Å². The van der Waals surface area contributed by atoms with E-state index in [9.17, 15) is 18.4 Å². The van der Waals surface area contributed by atoms with E-state index in [1.54, 1.807) is 29.3 Å². The lowest BCUT2D eigenvalue weighted by atomic mass is 10.1. The molecule has 1 fully saturated rings. The van der Waals surface area contributed by atoms with Crippen LogP contribution in [0.2, 0.25) is 0 Å².